The third kappa shape index (κ3) is 2.67. The number of hydrogen-bond donors (Lipinski definition) is 0. The lowest BCUT2D eigenvalue weighted by molar-refractivity contribution is -0.101. The van der Waals surface area contributed by atoms with Gasteiger partial charge in [0.15, 0.2) is 0 Å². The molecule has 1 saturated heterocycles. The van der Waals surface area contributed by atoms with Crippen molar-refractivity contribution >= 4 is 0 Å². The van der Waals surface area contributed by atoms with Crippen LogP contribution in [-0.4, -0.2) is 37.1 Å². The van der Waals surface area contributed by atoms with Crippen LogP contribution in [0.25, 0.3) is 0 Å². The number of methoxy groups -OCH3 is 1. The molecule has 1 aromatic heterocycles. The van der Waals surface area contributed by atoms with E-state index in [9.17, 15) is 4.39 Å². The summed E-state index contributed by atoms with van der Waals surface area (Å²) in [5, 5.41) is 4.15. The Labute approximate surface area is 138 Å². The van der Waals surface area contributed by atoms with E-state index >= 15 is 0 Å². The van der Waals surface area contributed by atoms with Crippen molar-refractivity contribution in [2.24, 2.45) is 0 Å². The summed E-state index contributed by atoms with van der Waals surface area (Å²) in [5.74, 6) is 1.34. The molecule has 2 aromatic rings. The summed E-state index contributed by atoms with van der Waals surface area (Å²) in [7, 11) is 1.66. The maximum atomic E-state index is 13.3. The zero-order chi connectivity index (χ0) is 16.6. The first kappa shape index (κ1) is 15.5. The Morgan fingerprint density at radius 1 is 1.29 bits per heavy atom. The van der Waals surface area contributed by atoms with Gasteiger partial charge in [-0.2, -0.15) is 4.98 Å². The zero-order valence-corrected chi connectivity index (χ0v) is 13.5. The standard InChI is InChI=1S/C17H19FN2O4/c1-21-17(4-6-22-7-5-17)16-19-15(24-20-16)12-8-11-2-3-13(18)9-14(11)23-10-12/h2-3,9,12H,4-8,10H2,1H3. The monoisotopic (exact) mass is 334 g/mol. The number of benzene rings is 1. The summed E-state index contributed by atoms with van der Waals surface area (Å²) in [6.07, 6.45) is 2.08. The lowest BCUT2D eigenvalue weighted by Crippen LogP contribution is -2.36. The van der Waals surface area contributed by atoms with Crippen LogP contribution >= 0.6 is 0 Å². The molecule has 3 heterocycles. The molecule has 128 valence electrons. The SMILES string of the molecule is COC1(c2noc(C3COc4cc(F)ccc4C3)n2)CCOCC1. The molecule has 0 amide bonds. The molecule has 7 heteroatoms. The van der Waals surface area contributed by atoms with E-state index < -0.39 is 5.60 Å². The fourth-order valence-electron chi connectivity index (χ4n) is 3.31. The summed E-state index contributed by atoms with van der Waals surface area (Å²) in [6.45, 7) is 1.62. The van der Waals surface area contributed by atoms with E-state index in [1.54, 1.807) is 13.2 Å². The van der Waals surface area contributed by atoms with Gasteiger partial charge in [-0.15, -0.1) is 0 Å². The largest absolute Gasteiger partial charge is 0.492 e. The topological polar surface area (TPSA) is 66.6 Å². The molecule has 0 saturated carbocycles. The van der Waals surface area contributed by atoms with Crippen molar-refractivity contribution in [3.63, 3.8) is 0 Å². The molecule has 4 rings (SSSR count). The normalized spacial score (nSPS) is 22.7. The van der Waals surface area contributed by atoms with Crippen molar-refractivity contribution < 1.29 is 23.1 Å². The maximum absolute atomic E-state index is 13.3. The third-order valence-corrected chi connectivity index (χ3v) is 4.83. The highest BCUT2D eigenvalue weighted by molar-refractivity contribution is 5.37. The summed E-state index contributed by atoms with van der Waals surface area (Å²) < 4.78 is 35.5. The summed E-state index contributed by atoms with van der Waals surface area (Å²) in [5.41, 5.74) is 0.399. The van der Waals surface area contributed by atoms with Gasteiger partial charge in [0.05, 0.1) is 5.92 Å². The number of hydrogen-bond acceptors (Lipinski definition) is 6. The number of halogens is 1. The highest BCUT2D eigenvalue weighted by Gasteiger charge is 2.40. The molecule has 1 fully saturated rings. The van der Waals surface area contributed by atoms with Gasteiger partial charge in [0.2, 0.25) is 11.7 Å². The van der Waals surface area contributed by atoms with Gasteiger partial charge in [-0.1, -0.05) is 11.2 Å². The Hall–Kier alpha value is -1.99. The lowest BCUT2D eigenvalue weighted by atomic mass is 9.93. The van der Waals surface area contributed by atoms with Crippen LogP contribution < -0.4 is 4.74 Å². The molecular formula is C17H19FN2O4. The predicted molar refractivity (Wildman–Crippen MR) is 81.4 cm³/mol. The molecular weight excluding hydrogens is 315 g/mol. The first-order chi connectivity index (χ1) is 11.7. The van der Waals surface area contributed by atoms with Gasteiger partial charge in [0, 0.05) is 39.2 Å². The molecule has 1 aromatic carbocycles. The summed E-state index contributed by atoms with van der Waals surface area (Å²) >= 11 is 0. The van der Waals surface area contributed by atoms with E-state index in [2.05, 4.69) is 10.1 Å². The smallest absolute Gasteiger partial charge is 0.233 e. The average Bonchev–Trinajstić information content (AvgIpc) is 3.12. The number of rotatable bonds is 3. The third-order valence-electron chi connectivity index (χ3n) is 4.83. The van der Waals surface area contributed by atoms with E-state index in [-0.39, 0.29) is 11.7 Å². The van der Waals surface area contributed by atoms with Crippen molar-refractivity contribution in [2.45, 2.75) is 30.8 Å². The van der Waals surface area contributed by atoms with Crippen LogP contribution in [0.15, 0.2) is 22.7 Å². The minimum absolute atomic E-state index is 0.0436. The lowest BCUT2D eigenvalue weighted by Gasteiger charge is -2.32. The minimum Gasteiger partial charge on any atom is -0.492 e. The molecule has 0 radical (unpaired) electrons. The maximum Gasteiger partial charge on any atom is 0.233 e. The van der Waals surface area contributed by atoms with Gasteiger partial charge < -0.3 is 18.7 Å². The Morgan fingerprint density at radius 3 is 2.92 bits per heavy atom. The Morgan fingerprint density at radius 2 is 2.12 bits per heavy atom. The second-order valence-corrected chi connectivity index (χ2v) is 6.23. The van der Waals surface area contributed by atoms with Gasteiger partial charge in [-0.05, 0) is 18.1 Å². The van der Waals surface area contributed by atoms with Crippen LogP contribution in [0.1, 0.15) is 36.0 Å². The van der Waals surface area contributed by atoms with E-state index in [4.69, 9.17) is 18.7 Å². The van der Waals surface area contributed by atoms with Gasteiger partial charge in [-0.25, -0.2) is 4.39 Å². The van der Waals surface area contributed by atoms with Crippen molar-refractivity contribution in [3.05, 3.63) is 41.3 Å². The van der Waals surface area contributed by atoms with Gasteiger partial charge in [0.1, 0.15) is 23.8 Å². The first-order valence-corrected chi connectivity index (χ1v) is 8.08. The van der Waals surface area contributed by atoms with Gasteiger partial charge in [-0.3, -0.25) is 0 Å². The average molecular weight is 334 g/mol. The molecule has 0 aliphatic carbocycles. The second kappa shape index (κ2) is 6.14. The number of aromatic nitrogens is 2. The van der Waals surface area contributed by atoms with Gasteiger partial charge in [0.25, 0.3) is 0 Å². The quantitative estimate of drug-likeness (QED) is 0.859. The molecule has 2 aliphatic heterocycles. The molecule has 1 atom stereocenters. The molecule has 0 N–H and O–H groups in total. The predicted octanol–water partition coefficient (Wildman–Crippen LogP) is 2.58. The van der Waals surface area contributed by atoms with Crippen molar-refractivity contribution in [3.8, 4) is 5.75 Å². The fourth-order valence-corrected chi connectivity index (χ4v) is 3.31. The van der Waals surface area contributed by atoms with E-state index in [0.717, 1.165) is 5.56 Å². The summed E-state index contributed by atoms with van der Waals surface area (Å²) in [6, 6.07) is 4.59. The number of fused-ring (bicyclic) bond motifs is 1. The Kier molecular flexibility index (Phi) is 3.97. The van der Waals surface area contributed by atoms with Crippen molar-refractivity contribution in [2.75, 3.05) is 26.9 Å². The van der Waals surface area contributed by atoms with Crippen LogP contribution in [0.3, 0.4) is 0 Å². The Balaban J connectivity index is 1.56. The van der Waals surface area contributed by atoms with Crippen LogP contribution in [0.5, 0.6) is 5.75 Å². The van der Waals surface area contributed by atoms with E-state index in [0.29, 0.717) is 56.5 Å². The first-order valence-electron chi connectivity index (χ1n) is 8.08. The zero-order valence-electron chi connectivity index (χ0n) is 13.5. The number of ether oxygens (including phenoxy) is 3. The molecule has 0 spiro atoms. The Bertz CT molecular complexity index is 727. The van der Waals surface area contributed by atoms with Crippen molar-refractivity contribution in [1.29, 1.82) is 0 Å². The molecule has 1 unspecified atom stereocenters. The fraction of sp³-hybridized carbons (Fsp3) is 0.529. The van der Waals surface area contributed by atoms with Gasteiger partial charge >= 0.3 is 0 Å². The highest BCUT2D eigenvalue weighted by atomic mass is 19.1. The minimum atomic E-state index is -0.545. The van der Waals surface area contributed by atoms with E-state index in [1.165, 1.54) is 12.1 Å². The van der Waals surface area contributed by atoms with Crippen LogP contribution in [-0.2, 0) is 21.5 Å². The van der Waals surface area contributed by atoms with E-state index in [1.807, 2.05) is 0 Å². The molecule has 6 nitrogen and oxygen atoms in total. The van der Waals surface area contributed by atoms with Crippen molar-refractivity contribution in [1.82, 2.24) is 10.1 Å². The number of nitrogens with zero attached hydrogens (tertiary/aromatic N) is 2. The summed E-state index contributed by atoms with van der Waals surface area (Å²) in [4.78, 5) is 4.58. The second-order valence-electron chi connectivity index (χ2n) is 6.23. The molecule has 0 bridgehead atoms. The molecule has 24 heavy (non-hydrogen) atoms. The van der Waals surface area contributed by atoms with Crippen LogP contribution in [0.4, 0.5) is 4.39 Å². The highest BCUT2D eigenvalue weighted by Crippen LogP contribution is 2.36. The van der Waals surface area contributed by atoms with Crippen LogP contribution in [0, 0.1) is 5.82 Å². The van der Waals surface area contributed by atoms with Crippen LogP contribution in [0.2, 0.25) is 0 Å². The molecule has 2 aliphatic rings.